The van der Waals surface area contributed by atoms with E-state index >= 15 is 0 Å². The van der Waals surface area contributed by atoms with E-state index in [0.29, 0.717) is 24.6 Å². The largest absolute Gasteiger partial charge is 0.390 e. The van der Waals surface area contributed by atoms with E-state index in [1.165, 1.54) is 0 Å². The van der Waals surface area contributed by atoms with Crippen molar-refractivity contribution in [1.82, 2.24) is 35.1 Å². The highest BCUT2D eigenvalue weighted by atomic mass is 16.3. The molecule has 1 amide bonds. The van der Waals surface area contributed by atoms with Crippen LogP contribution in [0.4, 0.5) is 0 Å². The van der Waals surface area contributed by atoms with Crippen LogP contribution in [0.2, 0.25) is 0 Å². The van der Waals surface area contributed by atoms with Gasteiger partial charge in [-0.25, -0.2) is 4.98 Å². The zero-order valence-electron chi connectivity index (χ0n) is 19.5. The molecule has 0 saturated carbocycles. The van der Waals surface area contributed by atoms with Gasteiger partial charge >= 0.3 is 0 Å². The second-order valence-corrected chi connectivity index (χ2v) is 8.21. The number of carbonyl (C=O) groups is 1. The number of aromatic nitrogens is 6. The Labute approximate surface area is 198 Å². The highest BCUT2D eigenvalue weighted by Gasteiger charge is 2.17. The van der Waals surface area contributed by atoms with E-state index in [1.807, 2.05) is 36.1 Å². The highest BCUT2D eigenvalue weighted by molar-refractivity contribution is 5.80. The molecule has 0 aliphatic rings. The Balaban J connectivity index is 1.51. The van der Waals surface area contributed by atoms with Crippen LogP contribution < -0.4 is 0 Å². The predicted octanol–water partition coefficient (Wildman–Crippen LogP) is 3.36. The average Bonchev–Trinajstić information content (AvgIpc) is 3.52. The lowest BCUT2D eigenvalue weighted by Crippen LogP contribution is -2.34. The Hall–Kier alpha value is -3.85. The molecular weight excluding hydrogens is 430 g/mol. The Morgan fingerprint density at radius 3 is 2.53 bits per heavy atom. The summed E-state index contributed by atoms with van der Waals surface area (Å²) < 4.78 is 1.80. The fourth-order valence-corrected chi connectivity index (χ4v) is 3.90. The second-order valence-electron chi connectivity index (χ2n) is 8.21. The number of benzene rings is 2. The smallest absolute Gasteiger partial charge is 0.242 e. The molecule has 4 aromatic rings. The summed E-state index contributed by atoms with van der Waals surface area (Å²) in [4.78, 5) is 19.2. The van der Waals surface area contributed by atoms with E-state index in [1.54, 1.807) is 10.9 Å². The van der Waals surface area contributed by atoms with Gasteiger partial charge < -0.3 is 14.6 Å². The van der Waals surface area contributed by atoms with Crippen LogP contribution in [0.15, 0.2) is 54.9 Å². The zero-order valence-corrected chi connectivity index (χ0v) is 19.5. The molecule has 4 rings (SSSR count). The lowest BCUT2D eigenvalue weighted by atomic mass is 9.98. The molecule has 0 fully saturated rings. The van der Waals surface area contributed by atoms with Gasteiger partial charge in [0.1, 0.15) is 6.54 Å². The first-order chi connectivity index (χ1) is 16.6. The molecule has 2 aromatic heterocycles. The molecule has 0 aliphatic heterocycles. The standard InChI is InChI=1S/C25H29N7O2/c1-3-4-13-31(24(34)15-32-17-26-23(16-33)18(32)2)14-19-9-11-20(12-10-19)21-7-5-6-8-22(21)25-27-29-30-28-25/h5-12,17,33H,3-4,13-16H2,1-2H3,(H,27,28,29,30). The fourth-order valence-electron chi connectivity index (χ4n) is 3.90. The van der Waals surface area contributed by atoms with Crippen molar-refractivity contribution in [3.05, 3.63) is 71.8 Å². The van der Waals surface area contributed by atoms with Gasteiger partial charge in [0.05, 0.1) is 18.6 Å². The van der Waals surface area contributed by atoms with Gasteiger partial charge in [0.15, 0.2) is 0 Å². The first kappa shape index (κ1) is 23.3. The fraction of sp³-hybridized carbons (Fsp3) is 0.320. The lowest BCUT2D eigenvalue weighted by Gasteiger charge is -2.23. The summed E-state index contributed by atoms with van der Waals surface area (Å²) in [5.74, 6) is 0.583. The Kier molecular flexibility index (Phi) is 7.44. The molecule has 176 valence electrons. The number of imidazole rings is 1. The quantitative estimate of drug-likeness (QED) is 0.376. The molecule has 0 unspecified atom stereocenters. The molecule has 0 bridgehead atoms. The molecule has 0 saturated heterocycles. The zero-order chi connectivity index (χ0) is 23.9. The number of hydrogen-bond donors (Lipinski definition) is 2. The van der Waals surface area contributed by atoms with Crippen molar-refractivity contribution in [3.8, 4) is 22.5 Å². The molecule has 2 N–H and O–H groups in total. The van der Waals surface area contributed by atoms with Crippen molar-refractivity contribution in [2.75, 3.05) is 6.54 Å². The van der Waals surface area contributed by atoms with Gasteiger partial charge in [-0.3, -0.25) is 4.79 Å². The number of amides is 1. The molecule has 9 nitrogen and oxygen atoms in total. The van der Waals surface area contributed by atoms with Gasteiger partial charge in [0, 0.05) is 24.3 Å². The highest BCUT2D eigenvalue weighted by Crippen LogP contribution is 2.29. The number of nitrogens with one attached hydrogen (secondary N) is 1. The molecule has 0 spiro atoms. The molecular formula is C25H29N7O2. The van der Waals surface area contributed by atoms with Crippen molar-refractivity contribution in [2.24, 2.45) is 0 Å². The van der Waals surface area contributed by atoms with Crippen LogP contribution in [0.1, 0.15) is 36.7 Å². The van der Waals surface area contributed by atoms with Gasteiger partial charge in [0.2, 0.25) is 11.7 Å². The van der Waals surface area contributed by atoms with E-state index in [2.05, 4.69) is 56.8 Å². The molecule has 2 aromatic carbocycles. The number of rotatable bonds is 10. The maximum absolute atomic E-state index is 13.1. The first-order valence-electron chi connectivity index (χ1n) is 11.4. The van der Waals surface area contributed by atoms with E-state index in [9.17, 15) is 9.90 Å². The van der Waals surface area contributed by atoms with Crippen LogP contribution in [0.3, 0.4) is 0 Å². The minimum atomic E-state index is -0.130. The van der Waals surface area contributed by atoms with Crippen LogP contribution in [-0.2, 0) is 24.5 Å². The monoisotopic (exact) mass is 459 g/mol. The maximum Gasteiger partial charge on any atom is 0.242 e. The predicted molar refractivity (Wildman–Crippen MR) is 128 cm³/mol. The number of aromatic amines is 1. The van der Waals surface area contributed by atoms with Crippen LogP contribution in [-0.4, -0.2) is 52.6 Å². The minimum absolute atomic E-state index is 0.0324. The van der Waals surface area contributed by atoms with Gasteiger partial charge in [-0.05, 0) is 35.2 Å². The lowest BCUT2D eigenvalue weighted by molar-refractivity contribution is -0.132. The summed E-state index contributed by atoms with van der Waals surface area (Å²) in [6, 6.07) is 16.2. The summed E-state index contributed by atoms with van der Waals surface area (Å²) in [7, 11) is 0. The molecule has 9 heteroatoms. The maximum atomic E-state index is 13.1. The first-order valence-corrected chi connectivity index (χ1v) is 11.4. The topological polar surface area (TPSA) is 113 Å². The number of nitrogens with zero attached hydrogens (tertiary/aromatic N) is 6. The third-order valence-electron chi connectivity index (χ3n) is 5.94. The minimum Gasteiger partial charge on any atom is -0.390 e. The van der Waals surface area contributed by atoms with E-state index < -0.39 is 0 Å². The number of hydrogen-bond acceptors (Lipinski definition) is 6. The summed E-state index contributed by atoms with van der Waals surface area (Å²) in [6.45, 7) is 5.29. The molecule has 0 atom stereocenters. The number of unbranched alkanes of at least 4 members (excludes halogenated alkanes) is 1. The van der Waals surface area contributed by atoms with Crippen molar-refractivity contribution in [3.63, 3.8) is 0 Å². The third kappa shape index (κ3) is 5.20. The van der Waals surface area contributed by atoms with Crippen molar-refractivity contribution in [1.29, 1.82) is 0 Å². The summed E-state index contributed by atoms with van der Waals surface area (Å²) >= 11 is 0. The number of aliphatic hydroxyl groups is 1. The SMILES string of the molecule is CCCCN(Cc1ccc(-c2ccccc2-c2nn[nH]n2)cc1)C(=O)Cn1cnc(CO)c1C. The number of H-pyrrole nitrogens is 1. The van der Waals surface area contributed by atoms with Crippen molar-refractivity contribution >= 4 is 5.91 Å². The summed E-state index contributed by atoms with van der Waals surface area (Å²) in [6.07, 6.45) is 3.56. The van der Waals surface area contributed by atoms with E-state index in [4.69, 9.17) is 0 Å². The molecule has 2 heterocycles. The number of carbonyl (C=O) groups excluding carboxylic acids is 1. The number of aliphatic hydroxyl groups excluding tert-OH is 1. The second kappa shape index (κ2) is 10.8. The van der Waals surface area contributed by atoms with Crippen molar-refractivity contribution in [2.45, 2.75) is 46.4 Å². The Morgan fingerprint density at radius 2 is 1.88 bits per heavy atom. The number of tetrazole rings is 1. The summed E-state index contributed by atoms with van der Waals surface area (Å²) in [5, 5.41) is 23.8. The van der Waals surface area contributed by atoms with Crippen LogP contribution in [0.25, 0.3) is 22.5 Å². The van der Waals surface area contributed by atoms with Crippen LogP contribution >= 0.6 is 0 Å². The average molecular weight is 460 g/mol. The third-order valence-corrected chi connectivity index (χ3v) is 5.94. The van der Waals surface area contributed by atoms with Gasteiger partial charge in [-0.1, -0.05) is 61.9 Å². The molecule has 34 heavy (non-hydrogen) atoms. The van der Waals surface area contributed by atoms with Gasteiger partial charge in [0.25, 0.3) is 0 Å². The van der Waals surface area contributed by atoms with Gasteiger partial charge in [-0.2, -0.15) is 5.21 Å². The Bertz CT molecular complexity index is 1220. The molecule has 0 radical (unpaired) electrons. The van der Waals surface area contributed by atoms with Gasteiger partial charge in [-0.15, -0.1) is 10.2 Å². The van der Waals surface area contributed by atoms with Crippen LogP contribution in [0, 0.1) is 6.92 Å². The van der Waals surface area contributed by atoms with E-state index in [0.717, 1.165) is 40.8 Å². The van der Waals surface area contributed by atoms with Crippen molar-refractivity contribution < 1.29 is 9.90 Å². The van der Waals surface area contributed by atoms with Crippen LogP contribution in [0.5, 0.6) is 0 Å². The molecule has 0 aliphatic carbocycles. The van der Waals surface area contributed by atoms with E-state index in [-0.39, 0.29) is 19.1 Å². The normalized spacial score (nSPS) is 11.0. The summed E-state index contributed by atoms with van der Waals surface area (Å²) in [5.41, 5.74) is 5.44. The Morgan fingerprint density at radius 1 is 1.12 bits per heavy atom.